The van der Waals surface area contributed by atoms with E-state index in [1.165, 1.54) is 0 Å². The van der Waals surface area contributed by atoms with E-state index in [1.807, 2.05) is 6.07 Å². The molecule has 0 aromatic heterocycles. The molecule has 1 rings (SSSR count). The Morgan fingerprint density at radius 1 is 1.67 bits per heavy atom. The molecular weight excluding hydrogens is 220 g/mol. The minimum Gasteiger partial charge on any atom is -0.355 e. The van der Waals surface area contributed by atoms with Gasteiger partial charge in [0.2, 0.25) is 5.91 Å². The molecule has 0 heterocycles. The Hall–Kier alpha value is -0.560. The summed E-state index contributed by atoms with van der Waals surface area (Å²) in [5, 5.41) is 10.9. The highest BCUT2D eigenvalue weighted by atomic mass is 79.9. The van der Waals surface area contributed by atoms with E-state index in [2.05, 4.69) is 21.2 Å². The second-order valence-electron chi connectivity index (χ2n) is 3.07. The van der Waals surface area contributed by atoms with Crippen LogP contribution in [0, 0.1) is 17.2 Å². The van der Waals surface area contributed by atoms with Gasteiger partial charge in [-0.15, -0.1) is 0 Å². The van der Waals surface area contributed by atoms with Gasteiger partial charge in [0.25, 0.3) is 0 Å². The third kappa shape index (κ3) is 2.82. The first-order valence-electron chi connectivity index (χ1n) is 4.00. The van der Waals surface area contributed by atoms with Crippen LogP contribution in [0.2, 0.25) is 0 Å². The topological polar surface area (TPSA) is 52.9 Å². The lowest BCUT2D eigenvalue weighted by Gasteiger charge is -2.31. The number of carbonyl (C=O) groups excluding carboxylic acids is 1. The molecule has 66 valence electrons. The monoisotopic (exact) mass is 230 g/mol. The number of nitriles is 1. The first-order chi connectivity index (χ1) is 5.72. The van der Waals surface area contributed by atoms with E-state index in [9.17, 15) is 4.79 Å². The SMILES string of the molecule is N#CCC(=O)NCC1CC(Br)C1. The van der Waals surface area contributed by atoms with Crippen molar-refractivity contribution < 1.29 is 4.79 Å². The first-order valence-corrected chi connectivity index (χ1v) is 4.91. The van der Waals surface area contributed by atoms with Gasteiger partial charge in [0, 0.05) is 11.4 Å². The summed E-state index contributed by atoms with van der Waals surface area (Å²) in [7, 11) is 0. The third-order valence-electron chi connectivity index (χ3n) is 2.01. The number of halogens is 1. The zero-order valence-electron chi connectivity index (χ0n) is 6.72. The van der Waals surface area contributed by atoms with Gasteiger partial charge >= 0.3 is 0 Å². The highest BCUT2D eigenvalue weighted by Crippen LogP contribution is 2.32. The van der Waals surface area contributed by atoms with Crippen LogP contribution in [0.25, 0.3) is 0 Å². The predicted octanol–water partition coefficient (Wildman–Crippen LogP) is 1.19. The normalized spacial score (nSPS) is 27.0. The zero-order valence-corrected chi connectivity index (χ0v) is 8.30. The van der Waals surface area contributed by atoms with Gasteiger partial charge in [-0.2, -0.15) is 5.26 Å². The van der Waals surface area contributed by atoms with Gasteiger partial charge in [-0.3, -0.25) is 4.79 Å². The molecule has 0 saturated heterocycles. The molecule has 0 spiro atoms. The lowest BCUT2D eigenvalue weighted by molar-refractivity contribution is -0.120. The molecule has 0 unspecified atom stereocenters. The lowest BCUT2D eigenvalue weighted by Crippen LogP contribution is -2.36. The van der Waals surface area contributed by atoms with Crippen molar-refractivity contribution in [3.8, 4) is 6.07 Å². The van der Waals surface area contributed by atoms with Crippen molar-refractivity contribution in [1.82, 2.24) is 5.32 Å². The molecule has 3 nitrogen and oxygen atoms in total. The molecule has 1 saturated carbocycles. The van der Waals surface area contributed by atoms with Crippen LogP contribution in [0.4, 0.5) is 0 Å². The summed E-state index contributed by atoms with van der Waals surface area (Å²) < 4.78 is 0. The summed E-state index contributed by atoms with van der Waals surface area (Å²) in [5.74, 6) is 0.451. The van der Waals surface area contributed by atoms with Crippen molar-refractivity contribution >= 4 is 21.8 Å². The smallest absolute Gasteiger partial charge is 0.234 e. The molecule has 4 heteroatoms. The minimum atomic E-state index is -0.157. The molecule has 1 N–H and O–H groups in total. The van der Waals surface area contributed by atoms with E-state index >= 15 is 0 Å². The minimum absolute atomic E-state index is 0.0234. The van der Waals surface area contributed by atoms with Crippen molar-refractivity contribution in [1.29, 1.82) is 5.26 Å². The Balaban J connectivity index is 2.03. The Labute approximate surface area is 80.3 Å². The average molecular weight is 231 g/mol. The number of rotatable bonds is 3. The van der Waals surface area contributed by atoms with Crippen LogP contribution in [0.5, 0.6) is 0 Å². The number of hydrogen-bond acceptors (Lipinski definition) is 2. The summed E-state index contributed by atoms with van der Waals surface area (Å²) in [6, 6.07) is 1.81. The van der Waals surface area contributed by atoms with Gasteiger partial charge in [0.15, 0.2) is 0 Å². The number of hydrogen-bond donors (Lipinski definition) is 1. The first kappa shape index (κ1) is 9.53. The molecule has 1 amide bonds. The van der Waals surface area contributed by atoms with Crippen molar-refractivity contribution in [2.24, 2.45) is 5.92 Å². The lowest BCUT2D eigenvalue weighted by atomic mass is 9.85. The number of amides is 1. The highest BCUT2D eigenvalue weighted by molar-refractivity contribution is 9.09. The zero-order chi connectivity index (χ0) is 8.97. The molecule has 1 aliphatic rings. The maximum atomic E-state index is 10.8. The van der Waals surface area contributed by atoms with Gasteiger partial charge in [-0.05, 0) is 18.8 Å². The van der Waals surface area contributed by atoms with Crippen LogP contribution in [0.1, 0.15) is 19.3 Å². The Kier molecular flexibility index (Phi) is 3.54. The molecular formula is C8H11BrN2O. The van der Waals surface area contributed by atoms with Gasteiger partial charge in [0.05, 0.1) is 6.07 Å². The van der Waals surface area contributed by atoms with Gasteiger partial charge < -0.3 is 5.32 Å². The summed E-state index contributed by atoms with van der Waals surface area (Å²) in [5.41, 5.74) is 0. The Morgan fingerprint density at radius 2 is 2.33 bits per heavy atom. The van der Waals surface area contributed by atoms with Crippen LogP contribution in [-0.2, 0) is 4.79 Å². The number of nitrogens with zero attached hydrogens (tertiary/aromatic N) is 1. The summed E-state index contributed by atoms with van der Waals surface area (Å²) >= 11 is 3.47. The van der Waals surface area contributed by atoms with E-state index < -0.39 is 0 Å². The van der Waals surface area contributed by atoms with Gasteiger partial charge in [-0.25, -0.2) is 0 Å². The third-order valence-corrected chi connectivity index (χ3v) is 2.75. The van der Waals surface area contributed by atoms with E-state index in [1.54, 1.807) is 0 Å². The van der Waals surface area contributed by atoms with E-state index in [0.717, 1.165) is 19.4 Å². The molecule has 0 radical (unpaired) electrons. The quantitative estimate of drug-likeness (QED) is 0.741. The number of alkyl halides is 1. The average Bonchev–Trinajstić information content (AvgIpc) is 1.96. The van der Waals surface area contributed by atoms with Crippen molar-refractivity contribution in [2.75, 3.05) is 6.54 Å². The summed E-state index contributed by atoms with van der Waals surface area (Å²) in [4.78, 5) is 11.5. The van der Waals surface area contributed by atoms with Gasteiger partial charge in [-0.1, -0.05) is 15.9 Å². The molecule has 1 aliphatic carbocycles. The fourth-order valence-electron chi connectivity index (χ4n) is 1.21. The fraction of sp³-hybridized carbons (Fsp3) is 0.750. The molecule has 12 heavy (non-hydrogen) atoms. The number of carbonyl (C=O) groups is 1. The standard InChI is InChI=1S/C8H11BrN2O/c9-7-3-6(4-7)5-11-8(12)1-2-10/h6-7H,1,3-5H2,(H,11,12). The number of nitrogens with one attached hydrogen (secondary N) is 1. The van der Waals surface area contributed by atoms with E-state index in [-0.39, 0.29) is 12.3 Å². The van der Waals surface area contributed by atoms with Crippen LogP contribution >= 0.6 is 15.9 Å². The second kappa shape index (κ2) is 4.46. The summed E-state index contributed by atoms with van der Waals surface area (Å²) in [6.07, 6.45) is 2.24. The predicted molar refractivity (Wildman–Crippen MR) is 48.7 cm³/mol. The molecule has 1 fully saturated rings. The van der Waals surface area contributed by atoms with Crippen molar-refractivity contribution in [3.63, 3.8) is 0 Å². The van der Waals surface area contributed by atoms with Crippen LogP contribution in [0.3, 0.4) is 0 Å². The molecule has 0 aromatic carbocycles. The van der Waals surface area contributed by atoms with E-state index in [4.69, 9.17) is 5.26 Å². The highest BCUT2D eigenvalue weighted by Gasteiger charge is 2.26. The Morgan fingerprint density at radius 3 is 2.83 bits per heavy atom. The van der Waals surface area contributed by atoms with Crippen molar-refractivity contribution in [3.05, 3.63) is 0 Å². The largest absolute Gasteiger partial charge is 0.355 e. The fourth-order valence-corrected chi connectivity index (χ4v) is 2.27. The van der Waals surface area contributed by atoms with Gasteiger partial charge in [0.1, 0.15) is 6.42 Å². The van der Waals surface area contributed by atoms with Crippen LogP contribution < -0.4 is 5.32 Å². The maximum Gasteiger partial charge on any atom is 0.234 e. The Bertz CT molecular complexity index is 206. The van der Waals surface area contributed by atoms with Crippen molar-refractivity contribution in [2.45, 2.75) is 24.1 Å². The molecule has 0 aromatic rings. The molecule has 0 bridgehead atoms. The summed E-state index contributed by atoms with van der Waals surface area (Å²) in [6.45, 7) is 0.725. The molecule has 0 aliphatic heterocycles. The van der Waals surface area contributed by atoms with E-state index in [0.29, 0.717) is 10.7 Å². The molecule has 0 atom stereocenters. The second-order valence-corrected chi connectivity index (χ2v) is 4.37. The van der Waals surface area contributed by atoms with Crippen LogP contribution in [-0.4, -0.2) is 17.3 Å². The van der Waals surface area contributed by atoms with Crippen LogP contribution in [0.15, 0.2) is 0 Å². The maximum absolute atomic E-state index is 10.8.